The fourth-order valence-electron chi connectivity index (χ4n) is 1.43. The summed E-state index contributed by atoms with van der Waals surface area (Å²) in [6.45, 7) is 1.39. The first-order valence-electron chi connectivity index (χ1n) is 5.79. The molecular formula is C13H13N5O2. The van der Waals surface area contributed by atoms with E-state index in [1.807, 2.05) is 0 Å². The molecule has 1 aromatic carbocycles. The van der Waals surface area contributed by atoms with E-state index >= 15 is 0 Å². The highest BCUT2D eigenvalue weighted by atomic mass is 16.3. The molecular weight excluding hydrogens is 258 g/mol. The summed E-state index contributed by atoms with van der Waals surface area (Å²) in [6, 6.07) is 9.45. The number of rotatable bonds is 3. The lowest BCUT2D eigenvalue weighted by atomic mass is 10.3. The second-order valence-corrected chi connectivity index (χ2v) is 4.00. The number of phenolic OH excluding ortho intramolecular Hbond substituents is 1. The highest BCUT2D eigenvalue weighted by Crippen LogP contribution is 2.25. The molecule has 0 aliphatic rings. The zero-order valence-corrected chi connectivity index (χ0v) is 10.7. The average Bonchev–Trinajstić information content (AvgIpc) is 2.39. The summed E-state index contributed by atoms with van der Waals surface area (Å²) in [6.07, 6.45) is 0. The number of phenols is 1. The van der Waals surface area contributed by atoms with Crippen molar-refractivity contribution >= 4 is 28.9 Å². The van der Waals surface area contributed by atoms with Crippen molar-refractivity contribution in [1.82, 2.24) is 4.98 Å². The lowest BCUT2D eigenvalue weighted by Crippen LogP contribution is -2.08. The van der Waals surface area contributed by atoms with Gasteiger partial charge >= 0.3 is 0 Å². The Labute approximate surface area is 115 Å². The van der Waals surface area contributed by atoms with E-state index in [9.17, 15) is 4.79 Å². The number of nitrogens with zero attached hydrogens (tertiary/aromatic N) is 3. The Balaban J connectivity index is 2.17. The van der Waals surface area contributed by atoms with Gasteiger partial charge < -0.3 is 16.2 Å². The van der Waals surface area contributed by atoms with Crippen LogP contribution in [0, 0.1) is 0 Å². The third-order valence-corrected chi connectivity index (χ3v) is 2.33. The fourth-order valence-corrected chi connectivity index (χ4v) is 1.43. The van der Waals surface area contributed by atoms with Crippen LogP contribution in [-0.2, 0) is 4.79 Å². The van der Waals surface area contributed by atoms with Gasteiger partial charge in [-0.1, -0.05) is 0 Å². The number of anilines is 2. The fraction of sp³-hybridized carbons (Fsp3) is 0.0769. The Morgan fingerprint density at radius 1 is 1.20 bits per heavy atom. The van der Waals surface area contributed by atoms with Crippen LogP contribution in [0.25, 0.3) is 0 Å². The lowest BCUT2D eigenvalue weighted by Gasteiger charge is -2.03. The predicted octanol–water partition coefficient (Wildman–Crippen LogP) is 2.74. The number of azo groups is 1. The molecule has 0 bridgehead atoms. The van der Waals surface area contributed by atoms with Gasteiger partial charge in [0.05, 0.1) is 5.69 Å². The topological polar surface area (TPSA) is 113 Å². The number of benzene rings is 1. The van der Waals surface area contributed by atoms with Gasteiger partial charge in [-0.15, -0.1) is 5.11 Å². The van der Waals surface area contributed by atoms with Gasteiger partial charge in [0.1, 0.15) is 17.3 Å². The number of carbonyl (C=O) groups is 1. The molecule has 0 aliphatic carbocycles. The quantitative estimate of drug-likeness (QED) is 0.745. The van der Waals surface area contributed by atoms with Crippen molar-refractivity contribution in [2.75, 3.05) is 11.1 Å². The standard InChI is InChI=1S/C13H13N5O2/c1-8(19)15-12-7-6-11(13(14)16-12)18-17-9-2-4-10(20)5-3-9/h2-7,20H,1H3,(H3,14,15,16,19)/b18-17+. The molecule has 0 saturated heterocycles. The number of nitrogens with one attached hydrogen (secondary N) is 1. The number of nitrogen functional groups attached to an aromatic ring is 1. The van der Waals surface area contributed by atoms with E-state index in [0.717, 1.165) is 0 Å². The van der Waals surface area contributed by atoms with Crippen molar-refractivity contribution in [2.24, 2.45) is 10.2 Å². The van der Waals surface area contributed by atoms with Crippen molar-refractivity contribution < 1.29 is 9.90 Å². The Hall–Kier alpha value is -2.96. The summed E-state index contributed by atoms with van der Waals surface area (Å²) < 4.78 is 0. The molecule has 1 heterocycles. The number of amides is 1. The van der Waals surface area contributed by atoms with Crippen LogP contribution >= 0.6 is 0 Å². The predicted molar refractivity (Wildman–Crippen MR) is 75.2 cm³/mol. The first-order chi connectivity index (χ1) is 9.54. The number of aromatic nitrogens is 1. The van der Waals surface area contributed by atoms with Gasteiger partial charge in [-0.3, -0.25) is 4.79 Å². The van der Waals surface area contributed by atoms with Gasteiger partial charge in [0, 0.05) is 6.92 Å². The molecule has 0 aliphatic heterocycles. The summed E-state index contributed by atoms with van der Waals surface area (Å²) in [5.41, 5.74) is 6.70. The van der Waals surface area contributed by atoms with E-state index in [1.165, 1.54) is 19.1 Å². The molecule has 0 saturated carbocycles. The van der Waals surface area contributed by atoms with Gasteiger partial charge in [0.2, 0.25) is 5.91 Å². The van der Waals surface area contributed by atoms with Gasteiger partial charge in [-0.25, -0.2) is 4.98 Å². The van der Waals surface area contributed by atoms with E-state index in [1.54, 1.807) is 24.3 Å². The van der Waals surface area contributed by atoms with Crippen LogP contribution in [0.1, 0.15) is 6.92 Å². The van der Waals surface area contributed by atoms with E-state index in [2.05, 4.69) is 20.5 Å². The Morgan fingerprint density at radius 2 is 1.90 bits per heavy atom. The molecule has 1 aromatic heterocycles. The number of hydrogen-bond donors (Lipinski definition) is 3. The maximum Gasteiger partial charge on any atom is 0.222 e. The van der Waals surface area contributed by atoms with Crippen LogP contribution in [0.2, 0.25) is 0 Å². The lowest BCUT2D eigenvalue weighted by molar-refractivity contribution is -0.114. The molecule has 7 heteroatoms. The highest BCUT2D eigenvalue weighted by molar-refractivity contribution is 5.88. The van der Waals surface area contributed by atoms with Gasteiger partial charge in [-0.05, 0) is 36.4 Å². The zero-order chi connectivity index (χ0) is 14.5. The molecule has 20 heavy (non-hydrogen) atoms. The summed E-state index contributed by atoms with van der Waals surface area (Å²) in [7, 11) is 0. The minimum absolute atomic E-state index is 0.157. The number of aromatic hydroxyl groups is 1. The van der Waals surface area contributed by atoms with Gasteiger partial charge in [0.25, 0.3) is 0 Å². The van der Waals surface area contributed by atoms with Crippen molar-refractivity contribution in [3.05, 3.63) is 36.4 Å². The first-order valence-corrected chi connectivity index (χ1v) is 5.79. The third-order valence-electron chi connectivity index (χ3n) is 2.33. The second kappa shape index (κ2) is 5.79. The zero-order valence-electron chi connectivity index (χ0n) is 10.7. The van der Waals surface area contributed by atoms with Crippen molar-refractivity contribution in [1.29, 1.82) is 0 Å². The van der Waals surface area contributed by atoms with E-state index < -0.39 is 0 Å². The average molecular weight is 271 g/mol. The highest BCUT2D eigenvalue weighted by Gasteiger charge is 2.03. The second-order valence-electron chi connectivity index (χ2n) is 4.00. The summed E-state index contributed by atoms with van der Waals surface area (Å²) in [4.78, 5) is 14.9. The summed E-state index contributed by atoms with van der Waals surface area (Å²) in [5.74, 6) is 0.456. The third kappa shape index (κ3) is 3.52. The normalized spacial score (nSPS) is 10.7. The van der Waals surface area contributed by atoms with E-state index in [4.69, 9.17) is 10.8 Å². The molecule has 4 N–H and O–H groups in total. The molecule has 7 nitrogen and oxygen atoms in total. The minimum Gasteiger partial charge on any atom is -0.508 e. The van der Waals surface area contributed by atoms with Crippen molar-refractivity contribution in [3.63, 3.8) is 0 Å². The maximum atomic E-state index is 10.9. The molecule has 0 fully saturated rings. The molecule has 0 unspecified atom stereocenters. The first kappa shape index (κ1) is 13.5. The van der Waals surface area contributed by atoms with Crippen LogP contribution in [0.4, 0.5) is 23.0 Å². The minimum atomic E-state index is -0.227. The number of pyridine rings is 1. The number of carbonyl (C=O) groups excluding carboxylic acids is 1. The molecule has 0 atom stereocenters. The van der Waals surface area contributed by atoms with Gasteiger partial charge in [-0.2, -0.15) is 5.11 Å². The Bertz CT molecular complexity index is 652. The molecule has 2 aromatic rings. The van der Waals surface area contributed by atoms with Crippen LogP contribution in [0.3, 0.4) is 0 Å². The molecule has 0 spiro atoms. The molecule has 2 rings (SSSR count). The molecule has 102 valence electrons. The van der Waals surface area contributed by atoms with Crippen LogP contribution in [-0.4, -0.2) is 16.0 Å². The number of hydrogen-bond acceptors (Lipinski definition) is 6. The maximum absolute atomic E-state index is 10.9. The van der Waals surface area contributed by atoms with Gasteiger partial charge in [0.15, 0.2) is 5.82 Å². The Kier molecular flexibility index (Phi) is 3.90. The van der Waals surface area contributed by atoms with Crippen LogP contribution in [0.15, 0.2) is 46.6 Å². The molecule has 1 amide bonds. The van der Waals surface area contributed by atoms with E-state index in [-0.39, 0.29) is 17.5 Å². The van der Waals surface area contributed by atoms with Crippen LogP contribution < -0.4 is 11.1 Å². The number of nitrogens with two attached hydrogens (primary N) is 1. The SMILES string of the molecule is CC(=O)Nc1ccc(/N=N/c2ccc(O)cc2)c(N)n1. The molecule has 0 radical (unpaired) electrons. The largest absolute Gasteiger partial charge is 0.508 e. The van der Waals surface area contributed by atoms with Crippen molar-refractivity contribution in [3.8, 4) is 5.75 Å². The van der Waals surface area contributed by atoms with Crippen molar-refractivity contribution in [2.45, 2.75) is 6.92 Å². The van der Waals surface area contributed by atoms with E-state index in [0.29, 0.717) is 17.2 Å². The Morgan fingerprint density at radius 3 is 2.50 bits per heavy atom. The summed E-state index contributed by atoms with van der Waals surface area (Å²) in [5, 5.41) is 19.6. The summed E-state index contributed by atoms with van der Waals surface area (Å²) >= 11 is 0. The monoisotopic (exact) mass is 271 g/mol. The smallest absolute Gasteiger partial charge is 0.222 e. The van der Waals surface area contributed by atoms with Crippen LogP contribution in [0.5, 0.6) is 5.75 Å².